The third kappa shape index (κ3) is 1.64. The molecule has 0 unspecified atom stereocenters. The first-order valence-corrected chi connectivity index (χ1v) is 6.59. The highest BCUT2D eigenvalue weighted by Crippen LogP contribution is 2.33. The van der Waals surface area contributed by atoms with E-state index >= 15 is 0 Å². The van der Waals surface area contributed by atoms with Crippen molar-refractivity contribution in [2.75, 3.05) is 0 Å². The zero-order valence-corrected chi connectivity index (χ0v) is 10.8. The highest BCUT2D eigenvalue weighted by Gasteiger charge is 2.13. The van der Waals surface area contributed by atoms with Gasteiger partial charge < -0.3 is 9.97 Å². The summed E-state index contributed by atoms with van der Waals surface area (Å²) in [5.41, 5.74) is 5.44. The van der Waals surface area contributed by atoms with Gasteiger partial charge in [0.15, 0.2) is 0 Å². The van der Waals surface area contributed by atoms with Crippen LogP contribution in [-0.4, -0.2) is 15.0 Å². The third-order valence-electron chi connectivity index (χ3n) is 3.55. The van der Waals surface area contributed by atoms with Crippen LogP contribution in [0.2, 0.25) is 0 Å². The molecule has 0 spiro atoms. The molecule has 2 N–H and O–H groups in total. The Morgan fingerprint density at radius 2 is 1.60 bits per heavy atom. The second-order valence-corrected chi connectivity index (χ2v) is 4.74. The van der Waals surface area contributed by atoms with Gasteiger partial charge in [-0.05, 0) is 6.07 Å². The van der Waals surface area contributed by atoms with Crippen LogP contribution in [0.25, 0.3) is 33.4 Å². The van der Waals surface area contributed by atoms with Gasteiger partial charge in [-0.3, -0.25) is 0 Å². The van der Waals surface area contributed by atoms with E-state index < -0.39 is 0 Å². The van der Waals surface area contributed by atoms with Crippen molar-refractivity contribution in [3.05, 3.63) is 67.1 Å². The number of fused-ring (bicyclic) bond motifs is 1. The number of aromatic nitrogens is 3. The molecule has 0 atom stereocenters. The second-order valence-electron chi connectivity index (χ2n) is 4.74. The normalized spacial score (nSPS) is 11.0. The molecule has 4 aromatic rings. The van der Waals surface area contributed by atoms with Gasteiger partial charge in [0.25, 0.3) is 0 Å². The Morgan fingerprint density at radius 1 is 0.800 bits per heavy atom. The molecule has 3 nitrogen and oxygen atoms in total. The van der Waals surface area contributed by atoms with Crippen LogP contribution in [0.1, 0.15) is 0 Å². The van der Waals surface area contributed by atoms with Gasteiger partial charge in [-0.15, -0.1) is 0 Å². The Morgan fingerprint density at radius 3 is 2.50 bits per heavy atom. The maximum absolute atomic E-state index is 4.48. The monoisotopic (exact) mass is 259 g/mol. The zero-order valence-electron chi connectivity index (χ0n) is 10.8. The number of nitrogens with zero attached hydrogens (tertiary/aromatic N) is 1. The van der Waals surface area contributed by atoms with Gasteiger partial charge in [0.05, 0.1) is 17.7 Å². The molecule has 0 saturated heterocycles. The molecule has 0 bridgehead atoms. The van der Waals surface area contributed by atoms with Crippen molar-refractivity contribution in [3.63, 3.8) is 0 Å². The number of imidazole rings is 1. The van der Waals surface area contributed by atoms with Gasteiger partial charge in [0.1, 0.15) is 0 Å². The van der Waals surface area contributed by atoms with Gasteiger partial charge >= 0.3 is 0 Å². The number of benzene rings is 2. The summed E-state index contributed by atoms with van der Waals surface area (Å²) >= 11 is 0. The molecule has 2 aromatic heterocycles. The molecule has 0 aliphatic carbocycles. The predicted octanol–water partition coefficient (Wildman–Crippen LogP) is 4.23. The van der Waals surface area contributed by atoms with Crippen molar-refractivity contribution in [2.45, 2.75) is 0 Å². The van der Waals surface area contributed by atoms with Crippen molar-refractivity contribution in [1.29, 1.82) is 0 Å². The number of H-pyrrole nitrogens is 2. The number of nitrogens with one attached hydrogen (secondary N) is 2. The molecule has 96 valence electrons. The van der Waals surface area contributed by atoms with Crippen molar-refractivity contribution in [1.82, 2.24) is 15.0 Å². The van der Waals surface area contributed by atoms with Crippen molar-refractivity contribution in [3.8, 4) is 22.5 Å². The molecule has 0 amide bonds. The minimum absolute atomic E-state index is 0.982. The van der Waals surface area contributed by atoms with E-state index in [1.165, 1.54) is 5.39 Å². The van der Waals surface area contributed by atoms with Crippen molar-refractivity contribution < 1.29 is 0 Å². The van der Waals surface area contributed by atoms with E-state index in [4.69, 9.17) is 0 Å². The fourth-order valence-electron chi connectivity index (χ4n) is 2.59. The Balaban J connectivity index is 1.94. The van der Waals surface area contributed by atoms with E-state index in [2.05, 4.69) is 45.3 Å². The Bertz CT molecular complexity index is 856. The first-order valence-electron chi connectivity index (χ1n) is 6.59. The van der Waals surface area contributed by atoms with Gasteiger partial charge in [0.2, 0.25) is 0 Å². The minimum atomic E-state index is 0.982. The third-order valence-corrected chi connectivity index (χ3v) is 3.55. The van der Waals surface area contributed by atoms with Crippen LogP contribution in [0, 0.1) is 0 Å². The highest BCUT2D eigenvalue weighted by atomic mass is 14.9. The molecule has 4 rings (SSSR count). The van der Waals surface area contributed by atoms with Crippen LogP contribution in [0.4, 0.5) is 0 Å². The molecule has 0 radical (unpaired) electrons. The Kier molecular flexibility index (Phi) is 2.42. The minimum Gasteiger partial charge on any atom is -0.360 e. The average Bonchev–Trinajstić information content (AvgIpc) is 3.14. The molecule has 2 aromatic carbocycles. The number of rotatable bonds is 2. The number of hydrogen-bond donors (Lipinski definition) is 2. The maximum atomic E-state index is 4.48. The van der Waals surface area contributed by atoms with Crippen molar-refractivity contribution >= 4 is 10.9 Å². The SMILES string of the molecule is c1ccc(-c2nc[nH]c2-c2c[nH]c3ccccc23)cc1. The average molecular weight is 259 g/mol. The lowest BCUT2D eigenvalue weighted by atomic mass is 10.0. The zero-order chi connectivity index (χ0) is 13.4. The largest absolute Gasteiger partial charge is 0.360 e. The number of para-hydroxylation sites is 1. The lowest BCUT2D eigenvalue weighted by Crippen LogP contribution is -1.82. The van der Waals surface area contributed by atoms with Crippen LogP contribution >= 0.6 is 0 Å². The van der Waals surface area contributed by atoms with Crippen LogP contribution in [0.3, 0.4) is 0 Å². The summed E-state index contributed by atoms with van der Waals surface area (Å²) in [7, 11) is 0. The smallest absolute Gasteiger partial charge is 0.0961 e. The number of aromatic amines is 2. The van der Waals surface area contributed by atoms with Crippen LogP contribution in [-0.2, 0) is 0 Å². The molecule has 0 aliphatic rings. The molecule has 0 aliphatic heterocycles. The van der Waals surface area contributed by atoms with Gasteiger partial charge in [-0.1, -0.05) is 48.5 Å². The summed E-state index contributed by atoms with van der Waals surface area (Å²) in [6, 6.07) is 18.5. The second kappa shape index (κ2) is 4.38. The Labute approximate surface area is 116 Å². The lowest BCUT2D eigenvalue weighted by molar-refractivity contribution is 1.31. The summed E-state index contributed by atoms with van der Waals surface area (Å²) in [5, 5.41) is 1.20. The molecule has 0 saturated carbocycles. The van der Waals surface area contributed by atoms with E-state index in [1.807, 2.05) is 30.5 Å². The fraction of sp³-hybridized carbons (Fsp3) is 0. The summed E-state index contributed by atoms with van der Waals surface area (Å²) in [5.74, 6) is 0. The van der Waals surface area contributed by atoms with E-state index in [9.17, 15) is 0 Å². The molecular formula is C17H13N3. The molecule has 20 heavy (non-hydrogen) atoms. The molecule has 2 heterocycles. The highest BCUT2D eigenvalue weighted by molar-refractivity contribution is 5.97. The molecule has 0 fully saturated rings. The lowest BCUT2D eigenvalue weighted by Gasteiger charge is -2.02. The topological polar surface area (TPSA) is 44.5 Å². The molecular weight excluding hydrogens is 246 g/mol. The molecule has 3 heteroatoms. The summed E-state index contributed by atoms with van der Waals surface area (Å²) < 4.78 is 0. The first-order chi connectivity index (χ1) is 9.93. The van der Waals surface area contributed by atoms with Crippen LogP contribution in [0.5, 0.6) is 0 Å². The summed E-state index contributed by atoms with van der Waals surface area (Å²) in [6.45, 7) is 0. The van der Waals surface area contributed by atoms with E-state index in [0.29, 0.717) is 0 Å². The first kappa shape index (κ1) is 11.1. The fourth-order valence-corrected chi connectivity index (χ4v) is 2.59. The van der Waals surface area contributed by atoms with Gasteiger partial charge in [-0.2, -0.15) is 0 Å². The van der Waals surface area contributed by atoms with Gasteiger partial charge in [-0.25, -0.2) is 4.98 Å². The van der Waals surface area contributed by atoms with Gasteiger partial charge in [0, 0.05) is 28.2 Å². The summed E-state index contributed by atoms with van der Waals surface area (Å²) in [4.78, 5) is 11.1. The maximum Gasteiger partial charge on any atom is 0.0961 e. The quantitative estimate of drug-likeness (QED) is 0.556. The predicted molar refractivity (Wildman–Crippen MR) is 81.3 cm³/mol. The standard InChI is InChI=1S/C17H13N3/c1-2-6-12(7-3-1)16-17(20-11-19-16)14-10-18-15-9-5-4-8-13(14)15/h1-11,18H,(H,19,20). The summed E-state index contributed by atoms with van der Waals surface area (Å²) in [6.07, 6.45) is 3.78. The van der Waals surface area contributed by atoms with Crippen molar-refractivity contribution in [2.24, 2.45) is 0 Å². The van der Waals surface area contributed by atoms with E-state index in [-0.39, 0.29) is 0 Å². The van der Waals surface area contributed by atoms with E-state index in [1.54, 1.807) is 6.33 Å². The number of hydrogen-bond acceptors (Lipinski definition) is 1. The van der Waals surface area contributed by atoms with Crippen LogP contribution in [0.15, 0.2) is 67.1 Å². The van der Waals surface area contributed by atoms with Crippen LogP contribution < -0.4 is 0 Å². The van der Waals surface area contributed by atoms with E-state index in [0.717, 1.165) is 28.0 Å². The Hall–Kier alpha value is -2.81.